The van der Waals surface area contributed by atoms with Crippen LogP contribution in [0.5, 0.6) is 0 Å². The fourth-order valence-electron chi connectivity index (χ4n) is 5.11. The number of benzene rings is 2. The van der Waals surface area contributed by atoms with Crippen molar-refractivity contribution in [1.82, 2.24) is 24.9 Å². The molecule has 2 aliphatic heterocycles. The molecule has 2 aromatic heterocycles. The third-order valence-electron chi connectivity index (χ3n) is 6.97. The molecular weight excluding hydrogens is 447 g/mol. The van der Waals surface area contributed by atoms with Crippen molar-refractivity contribution in [2.24, 2.45) is 5.92 Å². The molecule has 0 spiro atoms. The van der Waals surface area contributed by atoms with E-state index in [9.17, 15) is 9.18 Å². The summed E-state index contributed by atoms with van der Waals surface area (Å²) in [5.74, 6) is 0.706. The van der Waals surface area contributed by atoms with Gasteiger partial charge in [0.05, 0.1) is 35.4 Å². The molecule has 0 radical (unpaired) electrons. The van der Waals surface area contributed by atoms with Crippen molar-refractivity contribution in [2.45, 2.75) is 26.3 Å². The first-order chi connectivity index (χ1) is 17.0. The summed E-state index contributed by atoms with van der Waals surface area (Å²) in [4.78, 5) is 23.8. The van der Waals surface area contributed by atoms with Gasteiger partial charge in [-0.15, -0.1) is 0 Å². The van der Waals surface area contributed by atoms with Gasteiger partial charge in [-0.25, -0.2) is 4.39 Å². The number of likely N-dealkylation sites (tertiary alicyclic amines) is 1. The Morgan fingerprint density at radius 2 is 1.91 bits per heavy atom. The summed E-state index contributed by atoms with van der Waals surface area (Å²) in [5, 5.41) is 8.44. The van der Waals surface area contributed by atoms with Crippen molar-refractivity contribution >= 4 is 11.9 Å². The number of oxazole rings is 1. The summed E-state index contributed by atoms with van der Waals surface area (Å²) < 4.78 is 19.8. The first kappa shape index (κ1) is 21.5. The molecule has 2 aliphatic rings. The maximum Gasteiger partial charge on any atom is 0.298 e. The van der Waals surface area contributed by atoms with Crippen LogP contribution in [0.15, 0.2) is 59.3 Å². The van der Waals surface area contributed by atoms with Gasteiger partial charge in [0.15, 0.2) is 5.76 Å². The number of aromatic nitrogens is 4. The molecule has 9 heteroatoms. The molecule has 2 atom stereocenters. The number of carbonyl (C=O) groups excluding carboxylic acids is 1. The van der Waals surface area contributed by atoms with Crippen LogP contribution < -0.4 is 4.90 Å². The second-order valence-electron chi connectivity index (χ2n) is 9.28. The van der Waals surface area contributed by atoms with Crippen LogP contribution in [0.4, 0.5) is 10.4 Å². The Balaban J connectivity index is 1.24. The molecule has 6 rings (SSSR count). The molecule has 2 fully saturated rings. The highest BCUT2D eigenvalue weighted by molar-refractivity contribution is 5.98. The SMILES string of the molecule is Cc1ccc(-n2nccn2)c(C(=O)N2CC[C@H]3CN(c4nc(C)c(-c5cccc(F)c5)o4)[C@H]3C2)c1. The number of carbonyl (C=O) groups is 1. The first-order valence-corrected chi connectivity index (χ1v) is 11.7. The summed E-state index contributed by atoms with van der Waals surface area (Å²) in [6.07, 6.45) is 4.12. The molecule has 1 amide bonds. The number of aryl methyl sites for hydroxylation is 2. The van der Waals surface area contributed by atoms with E-state index >= 15 is 0 Å². The van der Waals surface area contributed by atoms with Crippen LogP contribution >= 0.6 is 0 Å². The van der Waals surface area contributed by atoms with E-state index in [2.05, 4.69) is 20.1 Å². The van der Waals surface area contributed by atoms with Crippen molar-refractivity contribution in [2.75, 3.05) is 24.5 Å². The lowest BCUT2D eigenvalue weighted by molar-refractivity contribution is 0.0582. The predicted molar refractivity (Wildman–Crippen MR) is 128 cm³/mol. The number of hydrogen-bond donors (Lipinski definition) is 0. The fraction of sp³-hybridized carbons (Fsp3) is 0.308. The van der Waals surface area contributed by atoms with Gasteiger partial charge < -0.3 is 14.2 Å². The Morgan fingerprint density at radius 1 is 1.09 bits per heavy atom. The van der Waals surface area contributed by atoms with E-state index in [-0.39, 0.29) is 17.8 Å². The molecule has 0 unspecified atom stereocenters. The highest BCUT2D eigenvalue weighted by Gasteiger charge is 2.46. The van der Waals surface area contributed by atoms with E-state index in [1.54, 1.807) is 18.5 Å². The molecule has 0 aliphatic carbocycles. The molecule has 8 nitrogen and oxygen atoms in total. The minimum absolute atomic E-state index is 0.0321. The molecule has 4 heterocycles. The normalized spacial score (nSPS) is 19.4. The molecule has 4 aromatic rings. The number of rotatable bonds is 4. The van der Waals surface area contributed by atoms with E-state index in [0.29, 0.717) is 53.3 Å². The molecular formula is C26H25FN6O2. The lowest BCUT2D eigenvalue weighted by Crippen LogP contribution is -2.65. The van der Waals surface area contributed by atoms with E-state index < -0.39 is 0 Å². The summed E-state index contributed by atoms with van der Waals surface area (Å²) in [6.45, 7) is 5.96. The second kappa shape index (κ2) is 8.33. The molecule has 0 N–H and O–H groups in total. The second-order valence-corrected chi connectivity index (χ2v) is 9.28. The van der Waals surface area contributed by atoms with Crippen molar-refractivity contribution in [3.63, 3.8) is 0 Å². The van der Waals surface area contributed by atoms with Crippen molar-refractivity contribution < 1.29 is 13.6 Å². The molecule has 35 heavy (non-hydrogen) atoms. The quantitative estimate of drug-likeness (QED) is 0.446. The minimum Gasteiger partial charge on any atom is -0.423 e. The zero-order valence-electron chi connectivity index (χ0n) is 19.6. The predicted octanol–water partition coefficient (Wildman–Crippen LogP) is 4.03. The van der Waals surface area contributed by atoms with Gasteiger partial charge in [0.1, 0.15) is 5.82 Å². The average molecular weight is 473 g/mol. The van der Waals surface area contributed by atoms with E-state index in [1.807, 2.05) is 43.0 Å². The monoisotopic (exact) mass is 472 g/mol. The van der Waals surface area contributed by atoms with E-state index in [0.717, 1.165) is 18.5 Å². The fourth-order valence-corrected chi connectivity index (χ4v) is 5.11. The van der Waals surface area contributed by atoms with Crippen LogP contribution in [0.3, 0.4) is 0 Å². The van der Waals surface area contributed by atoms with Crippen molar-refractivity contribution in [1.29, 1.82) is 0 Å². The summed E-state index contributed by atoms with van der Waals surface area (Å²) in [5.41, 5.74) is 3.64. The van der Waals surface area contributed by atoms with Crippen LogP contribution in [0.1, 0.15) is 28.0 Å². The molecule has 0 bridgehead atoms. The van der Waals surface area contributed by atoms with Gasteiger partial charge in [0.2, 0.25) is 0 Å². The molecule has 2 aromatic carbocycles. The van der Waals surface area contributed by atoms with Crippen LogP contribution in [0.2, 0.25) is 0 Å². The van der Waals surface area contributed by atoms with Gasteiger partial charge in [-0.05, 0) is 44.5 Å². The maximum atomic E-state index is 13.7. The molecule has 2 saturated heterocycles. The standard InChI is InChI=1S/C26H25FN6O2/c1-16-6-7-22(33-28-9-10-29-33)21(12-16)25(34)31-11-8-19-14-32(23(19)15-31)26-30-17(2)24(35-26)18-4-3-5-20(27)13-18/h3-7,9-10,12-13,19,23H,8,11,14-15H2,1-2H3/t19-,23-/m0/s1. The Morgan fingerprint density at radius 3 is 2.71 bits per heavy atom. The Bertz CT molecular complexity index is 1400. The number of anilines is 1. The molecule has 178 valence electrons. The number of piperidine rings is 1. The summed E-state index contributed by atoms with van der Waals surface area (Å²) in [7, 11) is 0. The maximum absolute atomic E-state index is 13.7. The van der Waals surface area contributed by atoms with Crippen LogP contribution in [0, 0.1) is 25.6 Å². The largest absolute Gasteiger partial charge is 0.423 e. The number of fused-ring (bicyclic) bond motifs is 1. The average Bonchev–Trinajstić information content (AvgIpc) is 3.49. The lowest BCUT2D eigenvalue weighted by Gasteiger charge is -2.52. The number of amides is 1. The van der Waals surface area contributed by atoms with Gasteiger partial charge in [0, 0.05) is 31.1 Å². The van der Waals surface area contributed by atoms with Gasteiger partial charge in [0.25, 0.3) is 11.9 Å². The highest BCUT2D eigenvalue weighted by atomic mass is 19.1. The zero-order valence-corrected chi connectivity index (χ0v) is 19.6. The first-order valence-electron chi connectivity index (χ1n) is 11.7. The third kappa shape index (κ3) is 3.77. The lowest BCUT2D eigenvalue weighted by atomic mass is 9.82. The van der Waals surface area contributed by atoms with Crippen molar-refractivity contribution in [3.8, 4) is 17.0 Å². The molecule has 0 saturated carbocycles. The number of hydrogen-bond acceptors (Lipinski definition) is 6. The van der Waals surface area contributed by atoms with Gasteiger partial charge in [-0.2, -0.15) is 20.0 Å². The summed E-state index contributed by atoms with van der Waals surface area (Å²) >= 11 is 0. The van der Waals surface area contributed by atoms with Crippen LogP contribution in [-0.2, 0) is 0 Å². The smallest absolute Gasteiger partial charge is 0.298 e. The number of nitrogens with zero attached hydrogens (tertiary/aromatic N) is 6. The third-order valence-corrected chi connectivity index (χ3v) is 6.97. The summed E-state index contributed by atoms with van der Waals surface area (Å²) in [6, 6.07) is 12.7. The topological polar surface area (TPSA) is 80.3 Å². The zero-order chi connectivity index (χ0) is 24.1. The van der Waals surface area contributed by atoms with Crippen LogP contribution in [0.25, 0.3) is 17.0 Å². The number of halogens is 1. The van der Waals surface area contributed by atoms with E-state index in [4.69, 9.17) is 4.42 Å². The van der Waals surface area contributed by atoms with Gasteiger partial charge in [-0.3, -0.25) is 4.79 Å². The Hall–Kier alpha value is -4.01. The van der Waals surface area contributed by atoms with Crippen LogP contribution in [-0.4, -0.2) is 56.5 Å². The highest BCUT2D eigenvalue weighted by Crippen LogP contribution is 2.39. The van der Waals surface area contributed by atoms with Gasteiger partial charge in [-0.1, -0.05) is 23.8 Å². The van der Waals surface area contributed by atoms with E-state index in [1.165, 1.54) is 16.9 Å². The Kier molecular flexibility index (Phi) is 5.12. The van der Waals surface area contributed by atoms with Gasteiger partial charge >= 0.3 is 0 Å². The van der Waals surface area contributed by atoms with Crippen molar-refractivity contribution in [3.05, 3.63) is 77.5 Å². The minimum atomic E-state index is -0.314. The Labute approximate surface area is 202 Å².